The van der Waals surface area contributed by atoms with Crippen LogP contribution < -0.4 is 0 Å². The Kier molecular flexibility index (Phi) is 6.94. The van der Waals surface area contributed by atoms with Gasteiger partial charge in [0.05, 0.1) is 13.2 Å². The van der Waals surface area contributed by atoms with Gasteiger partial charge in [-0.2, -0.15) is 0 Å². The Labute approximate surface area is 141 Å². The van der Waals surface area contributed by atoms with Crippen molar-refractivity contribution in [2.75, 3.05) is 25.7 Å². The first-order chi connectivity index (χ1) is 10.6. The molecule has 4 nitrogen and oxygen atoms in total. The molecular formula is C16H24O4S2. The van der Waals surface area contributed by atoms with Crippen molar-refractivity contribution in [2.45, 2.75) is 49.1 Å². The lowest BCUT2D eigenvalue weighted by molar-refractivity contribution is -0.133. The van der Waals surface area contributed by atoms with Gasteiger partial charge in [0.25, 0.3) is 0 Å². The van der Waals surface area contributed by atoms with Gasteiger partial charge in [0.2, 0.25) is 0 Å². The van der Waals surface area contributed by atoms with Gasteiger partial charge in [-0.3, -0.25) is 0 Å². The van der Waals surface area contributed by atoms with E-state index in [2.05, 4.69) is 23.5 Å². The smallest absolute Gasteiger partial charge is 0.384 e. The van der Waals surface area contributed by atoms with Gasteiger partial charge in [-0.25, -0.2) is 4.79 Å². The normalized spacial score (nSPS) is 28.5. The summed E-state index contributed by atoms with van der Waals surface area (Å²) in [5.41, 5.74) is 0. The first kappa shape index (κ1) is 18.0. The maximum absolute atomic E-state index is 11.1. The third-order valence-corrected chi connectivity index (χ3v) is 7.53. The number of hydrogen-bond acceptors (Lipinski definition) is 6. The molecule has 2 saturated heterocycles. The molecule has 22 heavy (non-hydrogen) atoms. The van der Waals surface area contributed by atoms with Crippen molar-refractivity contribution in [1.29, 1.82) is 0 Å². The molecule has 1 spiro atoms. The molecule has 0 aliphatic carbocycles. The van der Waals surface area contributed by atoms with Crippen molar-refractivity contribution < 1.29 is 19.0 Å². The summed E-state index contributed by atoms with van der Waals surface area (Å²) >= 11 is 3.89. The first-order valence-corrected chi connectivity index (χ1v) is 9.64. The van der Waals surface area contributed by atoms with Crippen LogP contribution in [-0.2, 0) is 19.0 Å². The third-order valence-electron chi connectivity index (χ3n) is 4.03. The lowest BCUT2D eigenvalue weighted by atomic mass is 9.96. The van der Waals surface area contributed by atoms with Crippen LogP contribution in [0.4, 0.5) is 0 Å². The van der Waals surface area contributed by atoms with Crippen molar-refractivity contribution in [2.24, 2.45) is 5.92 Å². The lowest BCUT2D eigenvalue weighted by Crippen LogP contribution is -2.44. The van der Waals surface area contributed by atoms with Gasteiger partial charge in [-0.1, -0.05) is 12.8 Å². The van der Waals surface area contributed by atoms with Crippen LogP contribution in [0.1, 0.15) is 32.6 Å². The van der Waals surface area contributed by atoms with Gasteiger partial charge < -0.3 is 14.2 Å². The number of rotatable bonds is 3. The van der Waals surface area contributed by atoms with E-state index in [0.29, 0.717) is 12.3 Å². The SMILES string of the molecule is COC(=O)C#C[C@H](C[C@@H]1CC[C@@H](C)C2(O1)SCCCS2)OC. The van der Waals surface area contributed by atoms with Crippen LogP contribution in [0.2, 0.25) is 0 Å². The second-order valence-corrected chi connectivity index (χ2v) is 8.46. The maximum atomic E-state index is 11.1. The van der Waals surface area contributed by atoms with Crippen LogP contribution in [0, 0.1) is 17.8 Å². The monoisotopic (exact) mass is 344 g/mol. The Morgan fingerprint density at radius 1 is 1.36 bits per heavy atom. The van der Waals surface area contributed by atoms with Gasteiger partial charge in [0, 0.05) is 25.4 Å². The number of thioether (sulfide) groups is 2. The Bertz CT molecular complexity index is 437. The minimum Gasteiger partial charge on any atom is -0.459 e. The predicted molar refractivity (Wildman–Crippen MR) is 90.7 cm³/mol. The number of methoxy groups -OCH3 is 2. The van der Waals surface area contributed by atoms with Gasteiger partial charge in [0.1, 0.15) is 6.10 Å². The largest absolute Gasteiger partial charge is 0.459 e. The zero-order valence-corrected chi connectivity index (χ0v) is 15.1. The van der Waals surface area contributed by atoms with Crippen molar-refractivity contribution in [3.8, 4) is 11.8 Å². The molecule has 2 heterocycles. The Morgan fingerprint density at radius 3 is 2.73 bits per heavy atom. The average Bonchev–Trinajstić information content (AvgIpc) is 2.55. The van der Waals surface area contributed by atoms with Crippen LogP contribution in [0.3, 0.4) is 0 Å². The second kappa shape index (κ2) is 8.49. The minimum absolute atomic E-state index is 0.102. The van der Waals surface area contributed by atoms with Crippen LogP contribution in [0.15, 0.2) is 0 Å². The molecular weight excluding hydrogens is 320 g/mol. The van der Waals surface area contributed by atoms with Crippen molar-refractivity contribution in [3.05, 3.63) is 0 Å². The second-order valence-electron chi connectivity index (χ2n) is 5.59. The van der Waals surface area contributed by atoms with Crippen molar-refractivity contribution in [3.63, 3.8) is 0 Å². The van der Waals surface area contributed by atoms with Gasteiger partial charge in [0.15, 0.2) is 4.27 Å². The van der Waals surface area contributed by atoms with Crippen LogP contribution in [0.25, 0.3) is 0 Å². The molecule has 0 unspecified atom stereocenters. The van der Waals surface area contributed by atoms with E-state index >= 15 is 0 Å². The number of esters is 1. The van der Waals surface area contributed by atoms with E-state index in [-0.39, 0.29) is 16.5 Å². The fourth-order valence-corrected chi connectivity index (χ4v) is 6.09. The highest BCUT2D eigenvalue weighted by Gasteiger charge is 2.45. The molecule has 2 aliphatic heterocycles. The standard InChI is InChI=1S/C16H24O4S2/c1-12-5-6-14(20-16(12)21-9-4-10-22-16)11-13(18-2)7-8-15(17)19-3/h12-14H,4-6,9-11H2,1-3H3/t12-,13-,14+/m1/s1. The first-order valence-electron chi connectivity index (χ1n) is 7.67. The van der Waals surface area contributed by atoms with E-state index in [1.165, 1.54) is 25.0 Å². The van der Waals surface area contributed by atoms with E-state index < -0.39 is 5.97 Å². The quantitative estimate of drug-likeness (QED) is 0.446. The molecule has 0 aromatic carbocycles. The van der Waals surface area contributed by atoms with Crippen LogP contribution in [-0.4, -0.2) is 48.2 Å². The zero-order valence-electron chi connectivity index (χ0n) is 13.4. The Balaban J connectivity index is 1.96. The summed E-state index contributed by atoms with van der Waals surface area (Å²) in [6.45, 7) is 2.28. The zero-order chi connectivity index (χ0) is 16.0. The predicted octanol–water partition coefficient (Wildman–Crippen LogP) is 2.91. The summed E-state index contributed by atoms with van der Waals surface area (Å²) in [6, 6.07) is 0. The molecule has 0 aromatic rings. The highest BCUT2D eigenvalue weighted by molar-refractivity contribution is 8.18. The minimum atomic E-state index is -0.532. The molecule has 6 heteroatoms. The van der Waals surface area contributed by atoms with Crippen LogP contribution in [0.5, 0.6) is 0 Å². The molecule has 2 aliphatic rings. The average molecular weight is 344 g/mol. The summed E-state index contributed by atoms with van der Waals surface area (Å²) in [5, 5.41) is 0. The summed E-state index contributed by atoms with van der Waals surface area (Å²) in [6.07, 6.45) is 3.95. The summed E-state index contributed by atoms with van der Waals surface area (Å²) in [4.78, 5) is 11.1. The maximum Gasteiger partial charge on any atom is 0.384 e. The van der Waals surface area contributed by atoms with E-state index in [1.807, 2.05) is 23.5 Å². The molecule has 2 rings (SSSR count). The highest BCUT2D eigenvalue weighted by Crippen LogP contribution is 2.53. The van der Waals surface area contributed by atoms with Gasteiger partial charge in [-0.05, 0) is 30.8 Å². The summed E-state index contributed by atoms with van der Waals surface area (Å²) in [5.74, 6) is 7.64. The van der Waals surface area contributed by atoms with Gasteiger partial charge in [-0.15, -0.1) is 23.5 Å². The molecule has 0 aromatic heterocycles. The number of carbonyl (C=O) groups is 1. The summed E-state index contributed by atoms with van der Waals surface area (Å²) < 4.78 is 16.3. The molecule has 3 atom stereocenters. The molecule has 0 N–H and O–H groups in total. The highest BCUT2D eigenvalue weighted by atomic mass is 32.2. The number of hydrogen-bond donors (Lipinski definition) is 0. The molecule has 0 radical (unpaired) electrons. The topological polar surface area (TPSA) is 44.8 Å². The molecule has 0 bridgehead atoms. The fourth-order valence-electron chi connectivity index (χ4n) is 2.71. The molecule has 0 amide bonds. The van der Waals surface area contributed by atoms with E-state index in [4.69, 9.17) is 9.47 Å². The van der Waals surface area contributed by atoms with Gasteiger partial charge >= 0.3 is 5.97 Å². The molecule has 0 saturated carbocycles. The van der Waals surface area contributed by atoms with E-state index in [9.17, 15) is 4.79 Å². The van der Waals surface area contributed by atoms with Crippen molar-refractivity contribution >= 4 is 29.5 Å². The van der Waals surface area contributed by atoms with Crippen LogP contribution >= 0.6 is 23.5 Å². The Hall–Kier alpha value is -0.350. The fraction of sp³-hybridized carbons (Fsp3) is 0.812. The lowest BCUT2D eigenvalue weighted by Gasteiger charge is -2.47. The number of ether oxygens (including phenoxy) is 3. The molecule has 124 valence electrons. The Morgan fingerprint density at radius 2 is 2.09 bits per heavy atom. The molecule has 2 fully saturated rings. The van der Waals surface area contributed by atoms with E-state index in [1.54, 1.807) is 7.11 Å². The van der Waals surface area contributed by atoms with Crippen molar-refractivity contribution in [1.82, 2.24) is 0 Å². The number of carbonyl (C=O) groups excluding carboxylic acids is 1. The third kappa shape index (κ3) is 4.58. The summed E-state index contributed by atoms with van der Waals surface area (Å²) in [7, 11) is 2.94. The van der Waals surface area contributed by atoms with E-state index in [0.717, 1.165) is 12.8 Å².